The summed E-state index contributed by atoms with van der Waals surface area (Å²) in [5.74, 6) is -0.958. The molecule has 1 N–H and O–H groups in total. The standard InChI is InChI=1S/C12H11BrO3/c1-2-7(12(14)15)11-10(13)8-5-3-4-6-9(8)16-11/h3-7H,2H2,1H3,(H,14,15). The molecule has 0 aliphatic rings. The van der Waals surface area contributed by atoms with E-state index in [-0.39, 0.29) is 0 Å². The number of fused-ring (bicyclic) bond motifs is 1. The zero-order valence-corrected chi connectivity index (χ0v) is 10.3. The molecule has 0 amide bonds. The molecule has 1 aromatic heterocycles. The average Bonchev–Trinajstić information content (AvgIpc) is 2.58. The van der Waals surface area contributed by atoms with E-state index in [1.165, 1.54) is 0 Å². The van der Waals surface area contributed by atoms with Crippen molar-refractivity contribution in [1.29, 1.82) is 0 Å². The highest BCUT2D eigenvalue weighted by molar-refractivity contribution is 9.10. The Hall–Kier alpha value is -1.29. The van der Waals surface area contributed by atoms with E-state index in [0.717, 1.165) is 9.86 Å². The molecule has 0 bridgehead atoms. The molecule has 0 aliphatic carbocycles. The lowest BCUT2D eigenvalue weighted by Crippen LogP contribution is -2.09. The summed E-state index contributed by atoms with van der Waals surface area (Å²) in [7, 11) is 0. The number of carboxylic acids is 1. The Labute approximate surface area is 101 Å². The van der Waals surface area contributed by atoms with Crippen LogP contribution < -0.4 is 0 Å². The molecular formula is C12H11BrO3. The summed E-state index contributed by atoms with van der Waals surface area (Å²) in [4.78, 5) is 11.1. The molecule has 1 heterocycles. The topological polar surface area (TPSA) is 50.4 Å². The van der Waals surface area contributed by atoms with Crippen molar-refractivity contribution in [3.05, 3.63) is 34.5 Å². The maximum absolute atomic E-state index is 11.1. The minimum Gasteiger partial charge on any atom is -0.481 e. The Morgan fingerprint density at radius 2 is 2.19 bits per heavy atom. The first kappa shape index (κ1) is 11.2. The van der Waals surface area contributed by atoms with Crippen molar-refractivity contribution in [2.75, 3.05) is 0 Å². The highest BCUT2D eigenvalue weighted by Crippen LogP contribution is 2.36. The number of benzene rings is 1. The first-order valence-corrected chi connectivity index (χ1v) is 5.84. The molecule has 0 radical (unpaired) electrons. The van der Waals surface area contributed by atoms with E-state index in [4.69, 9.17) is 9.52 Å². The Morgan fingerprint density at radius 1 is 1.50 bits per heavy atom. The summed E-state index contributed by atoms with van der Waals surface area (Å²) < 4.78 is 6.33. The van der Waals surface area contributed by atoms with Gasteiger partial charge in [-0.15, -0.1) is 0 Å². The number of carbonyl (C=O) groups is 1. The van der Waals surface area contributed by atoms with Gasteiger partial charge in [-0.3, -0.25) is 4.79 Å². The van der Waals surface area contributed by atoms with Gasteiger partial charge in [0.05, 0.1) is 4.47 Å². The Kier molecular flexibility index (Phi) is 3.01. The van der Waals surface area contributed by atoms with Crippen LogP contribution >= 0.6 is 15.9 Å². The maximum atomic E-state index is 11.1. The van der Waals surface area contributed by atoms with Gasteiger partial charge in [0.1, 0.15) is 17.3 Å². The second-order valence-electron chi connectivity index (χ2n) is 3.58. The molecule has 0 fully saturated rings. The molecule has 0 aliphatic heterocycles. The lowest BCUT2D eigenvalue weighted by Gasteiger charge is -2.06. The number of carboxylic acid groups (broad SMARTS) is 1. The normalized spacial score (nSPS) is 12.9. The molecule has 3 nitrogen and oxygen atoms in total. The first-order valence-electron chi connectivity index (χ1n) is 5.05. The summed E-state index contributed by atoms with van der Waals surface area (Å²) in [6.07, 6.45) is 0.508. The van der Waals surface area contributed by atoms with Crippen molar-refractivity contribution in [2.45, 2.75) is 19.3 Å². The quantitative estimate of drug-likeness (QED) is 0.932. The fourth-order valence-electron chi connectivity index (χ4n) is 1.73. The number of hydrogen-bond acceptors (Lipinski definition) is 2. The fraction of sp³-hybridized carbons (Fsp3) is 0.250. The molecule has 0 saturated carbocycles. The molecule has 1 aromatic carbocycles. The van der Waals surface area contributed by atoms with Gasteiger partial charge in [-0.2, -0.15) is 0 Å². The predicted octanol–water partition coefficient (Wildman–Crippen LogP) is 3.77. The van der Waals surface area contributed by atoms with Gasteiger partial charge in [-0.1, -0.05) is 19.1 Å². The maximum Gasteiger partial charge on any atom is 0.314 e. The summed E-state index contributed by atoms with van der Waals surface area (Å²) in [6.45, 7) is 1.83. The van der Waals surface area contributed by atoms with Gasteiger partial charge in [-0.25, -0.2) is 0 Å². The van der Waals surface area contributed by atoms with E-state index in [1.807, 2.05) is 31.2 Å². The Morgan fingerprint density at radius 3 is 2.75 bits per heavy atom. The second kappa shape index (κ2) is 4.29. The van der Waals surface area contributed by atoms with Crippen LogP contribution in [0.3, 0.4) is 0 Å². The summed E-state index contributed by atoms with van der Waals surface area (Å²) in [6, 6.07) is 7.50. The van der Waals surface area contributed by atoms with Crippen LogP contribution in [0.25, 0.3) is 11.0 Å². The molecule has 0 saturated heterocycles. The summed E-state index contributed by atoms with van der Waals surface area (Å²) in [5, 5.41) is 10.0. The molecule has 2 aromatic rings. The van der Waals surface area contributed by atoms with Crippen LogP contribution in [0, 0.1) is 0 Å². The molecule has 1 atom stereocenters. The number of halogens is 1. The molecule has 0 spiro atoms. The molecule has 16 heavy (non-hydrogen) atoms. The minimum absolute atomic E-state index is 0.496. The van der Waals surface area contributed by atoms with Gasteiger partial charge in [0, 0.05) is 5.39 Å². The van der Waals surface area contributed by atoms with Crippen LogP contribution in [0.15, 0.2) is 33.2 Å². The summed E-state index contributed by atoms with van der Waals surface area (Å²) >= 11 is 3.40. The predicted molar refractivity (Wildman–Crippen MR) is 64.6 cm³/mol. The van der Waals surface area contributed by atoms with Gasteiger partial charge in [-0.05, 0) is 34.5 Å². The van der Waals surface area contributed by atoms with Gasteiger partial charge in [0.15, 0.2) is 0 Å². The molecule has 84 valence electrons. The van der Waals surface area contributed by atoms with Crippen molar-refractivity contribution in [3.63, 3.8) is 0 Å². The van der Waals surface area contributed by atoms with Gasteiger partial charge >= 0.3 is 5.97 Å². The van der Waals surface area contributed by atoms with E-state index < -0.39 is 11.9 Å². The van der Waals surface area contributed by atoms with Crippen molar-refractivity contribution in [3.8, 4) is 0 Å². The summed E-state index contributed by atoms with van der Waals surface area (Å²) in [5.41, 5.74) is 0.712. The van der Waals surface area contributed by atoms with Crippen LogP contribution in [0.2, 0.25) is 0 Å². The third-order valence-electron chi connectivity index (χ3n) is 2.58. The SMILES string of the molecule is CCC(C(=O)O)c1oc2ccccc2c1Br. The third-order valence-corrected chi connectivity index (χ3v) is 3.40. The van der Waals surface area contributed by atoms with Crippen LogP contribution in [-0.2, 0) is 4.79 Å². The van der Waals surface area contributed by atoms with Crippen LogP contribution in [0.1, 0.15) is 25.0 Å². The second-order valence-corrected chi connectivity index (χ2v) is 4.37. The van der Waals surface area contributed by atoms with Crippen molar-refractivity contribution in [2.24, 2.45) is 0 Å². The van der Waals surface area contributed by atoms with Gasteiger partial charge in [0.2, 0.25) is 0 Å². The molecule has 2 rings (SSSR count). The molecular weight excluding hydrogens is 272 g/mol. The fourth-order valence-corrected chi connectivity index (χ4v) is 2.41. The number of aliphatic carboxylic acids is 1. The Balaban J connectivity index is 2.60. The third kappa shape index (κ3) is 1.73. The highest BCUT2D eigenvalue weighted by Gasteiger charge is 2.25. The van der Waals surface area contributed by atoms with Crippen LogP contribution in [0.4, 0.5) is 0 Å². The largest absolute Gasteiger partial charge is 0.481 e. The van der Waals surface area contributed by atoms with E-state index in [1.54, 1.807) is 0 Å². The van der Waals surface area contributed by atoms with Crippen LogP contribution in [-0.4, -0.2) is 11.1 Å². The smallest absolute Gasteiger partial charge is 0.314 e. The van der Waals surface area contributed by atoms with Gasteiger partial charge < -0.3 is 9.52 Å². The van der Waals surface area contributed by atoms with Crippen molar-refractivity contribution < 1.29 is 14.3 Å². The van der Waals surface area contributed by atoms with E-state index in [2.05, 4.69) is 15.9 Å². The Bertz CT molecular complexity index is 530. The zero-order chi connectivity index (χ0) is 11.7. The number of rotatable bonds is 3. The average molecular weight is 283 g/mol. The van der Waals surface area contributed by atoms with E-state index >= 15 is 0 Å². The van der Waals surface area contributed by atoms with Gasteiger partial charge in [0.25, 0.3) is 0 Å². The lowest BCUT2D eigenvalue weighted by molar-refractivity contribution is -0.139. The van der Waals surface area contributed by atoms with E-state index in [9.17, 15) is 4.79 Å². The molecule has 4 heteroatoms. The van der Waals surface area contributed by atoms with Crippen LogP contribution in [0.5, 0.6) is 0 Å². The van der Waals surface area contributed by atoms with Crippen molar-refractivity contribution >= 4 is 32.9 Å². The first-order chi connectivity index (χ1) is 7.65. The number of para-hydroxylation sites is 1. The minimum atomic E-state index is -0.859. The lowest BCUT2D eigenvalue weighted by atomic mass is 10.0. The number of furan rings is 1. The van der Waals surface area contributed by atoms with Crippen molar-refractivity contribution in [1.82, 2.24) is 0 Å². The zero-order valence-electron chi connectivity index (χ0n) is 8.74. The number of hydrogen-bond donors (Lipinski definition) is 1. The van der Waals surface area contributed by atoms with E-state index in [0.29, 0.717) is 17.8 Å². The molecule has 1 unspecified atom stereocenters. The monoisotopic (exact) mass is 282 g/mol. The highest BCUT2D eigenvalue weighted by atomic mass is 79.9.